The zero-order chi connectivity index (χ0) is 23.6. The van der Waals surface area contributed by atoms with Gasteiger partial charge in [-0.25, -0.2) is 17.7 Å². The van der Waals surface area contributed by atoms with Gasteiger partial charge in [0.25, 0.3) is 0 Å². The number of nitrogens with zero attached hydrogens (tertiary/aromatic N) is 4. The number of rotatable bonds is 7. The molecular formula is C23H30N6O3S. The van der Waals surface area contributed by atoms with E-state index in [2.05, 4.69) is 15.6 Å². The summed E-state index contributed by atoms with van der Waals surface area (Å²) in [6.07, 6.45) is 8.29. The molecule has 0 radical (unpaired) electrons. The predicted octanol–water partition coefficient (Wildman–Crippen LogP) is 2.67. The van der Waals surface area contributed by atoms with Gasteiger partial charge in [-0.1, -0.05) is 12.1 Å². The molecule has 1 aliphatic carbocycles. The first-order valence-corrected chi connectivity index (χ1v) is 12.9. The minimum atomic E-state index is -3.17. The lowest BCUT2D eigenvalue weighted by atomic mass is 9.91. The summed E-state index contributed by atoms with van der Waals surface area (Å²) in [5.74, 6) is 1.25. The third-order valence-electron chi connectivity index (χ3n) is 6.31. The van der Waals surface area contributed by atoms with E-state index in [0.29, 0.717) is 12.5 Å². The fourth-order valence-electron chi connectivity index (χ4n) is 4.39. The second-order valence-corrected chi connectivity index (χ2v) is 10.7. The van der Waals surface area contributed by atoms with Gasteiger partial charge in [-0.15, -0.1) is 0 Å². The summed E-state index contributed by atoms with van der Waals surface area (Å²) >= 11 is 0. The molecule has 1 amide bonds. The second kappa shape index (κ2) is 9.48. The van der Waals surface area contributed by atoms with Crippen LogP contribution in [0, 0.1) is 0 Å². The maximum atomic E-state index is 11.8. The monoisotopic (exact) mass is 470 g/mol. The van der Waals surface area contributed by atoms with Crippen LogP contribution in [-0.2, 0) is 21.4 Å². The SMILES string of the molecule is CC(=O)NCc1cccc2c1ccn2-c1ccnc(NC2CCC(N(C)S(C)(=O)=O)CC2)n1. The number of anilines is 1. The predicted molar refractivity (Wildman–Crippen MR) is 129 cm³/mol. The van der Waals surface area contributed by atoms with Crippen LogP contribution in [-0.4, -0.2) is 58.6 Å². The Bertz CT molecular complexity index is 1250. The van der Waals surface area contributed by atoms with Crippen molar-refractivity contribution < 1.29 is 13.2 Å². The van der Waals surface area contributed by atoms with E-state index < -0.39 is 10.0 Å². The maximum Gasteiger partial charge on any atom is 0.224 e. The summed E-state index contributed by atoms with van der Waals surface area (Å²) < 4.78 is 27.1. The number of carbonyl (C=O) groups excluding carboxylic acids is 1. The van der Waals surface area contributed by atoms with Crippen LogP contribution in [0.4, 0.5) is 5.95 Å². The van der Waals surface area contributed by atoms with Gasteiger partial charge in [0.2, 0.25) is 21.9 Å². The minimum absolute atomic E-state index is 0.0447. The highest BCUT2D eigenvalue weighted by molar-refractivity contribution is 7.88. The molecule has 0 aliphatic heterocycles. The molecule has 1 aromatic carbocycles. The fourth-order valence-corrected chi connectivity index (χ4v) is 5.15. The molecule has 2 N–H and O–H groups in total. The summed E-state index contributed by atoms with van der Waals surface area (Å²) in [5.41, 5.74) is 2.05. The van der Waals surface area contributed by atoms with Gasteiger partial charge >= 0.3 is 0 Å². The zero-order valence-electron chi connectivity index (χ0n) is 19.2. The van der Waals surface area contributed by atoms with Crippen molar-refractivity contribution in [2.45, 2.75) is 51.2 Å². The Labute approximate surface area is 194 Å². The van der Waals surface area contributed by atoms with Crippen molar-refractivity contribution in [2.75, 3.05) is 18.6 Å². The molecular weight excluding hydrogens is 440 g/mol. The van der Waals surface area contributed by atoms with Gasteiger partial charge in [0, 0.05) is 50.4 Å². The Morgan fingerprint density at radius 2 is 1.94 bits per heavy atom. The highest BCUT2D eigenvalue weighted by Gasteiger charge is 2.28. The summed E-state index contributed by atoms with van der Waals surface area (Å²) in [4.78, 5) is 20.4. The van der Waals surface area contributed by atoms with E-state index in [4.69, 9.17) is 4.98 Å². The van der Waals surface area contributed by atoms with E-state index >= 15 is 0 Å². The first-order valence-electron chi connectivity index (χ1n) is 11.1. The molecule has 3 aromatic rings. The van der Waals surface area contributed by atoms with Crippen molar-refractivity contribution in [1.29, 1.82) is 0 Å². The summed E-state index contributed by atoms with van der Waals surface area (Å²) in [6, 6.07) is 10.2. The van der Waals surface area contributed by atoms with Crippen LogP contribution in [0.3, 0.4) is 0 Å². The van der Waals surface area contributed by atoms with Gasteiger partial charge in [-0.2, -0.15) is 4.98 Å². The number of benzene rings is 1. The molecule has 0 unspecified atom stereocenters. The number of hydrogen-bond donors (Lipinski definition) is 2. The largest absolute Gasteiger partial charge is 0.352 e. The quantitative estimate of drug-likeness (QED) is 0.550. The number of nitrogens with one attached hydrogen (secondary N) is 2. The van der Waals surface area contributed by atoms with Gasteiger partial charge in [-0.3, -0.25) is 4.79 Å². The molecule has 9 nitrogen and oxygen atoms in total. The molecule has 2 aromatic heterocycles. The molecule has 0 atom stereocenters. The highest BCUT2D eigenvalue weighted by atomic mass is 32.2. The van der Waals surface area contributed by atoms with Gasteiger partial charge in [0.1, 0.15) is 5.82 Å². The van der Waals surface area contributed by atoms with Crippen LogP contribution < -0.4 is 10.6 Å². The second-order valence-electron chi connectivity index (χ2n) is 8.61. The maximum absolute atomic E-state index is 11.8. The topological polar surface area (TPSA) is 109 Å². The molecule has 1 saturated carbocycles. The van der Waals surface area contributed by atoms with Gasteiger partial charge in [-0.05, 0) is 49.4 Å². The van der Waals surface area contributed by atoms with E-state index in [1.54, 1.807) is 13.2 Å². The highest BCUT2D eigenvalue weighted by Crippen LogP contribution is 2.26. The molecule has 0 spiro atoms. The van der Waals surface area contributed by atoms with Gasteiger partial charge in [0.05, 0.1) is 11.8 Å². The average Bonchev–Trinajstić information content (AvgIpc) is 3.22. The lowest BCUT2D eigenvalue weighted by molar-refractivity contribution is -0.119. The third kappa shape index (κ3) is 5.33. The normalized spacial score (nSPS) is 19.0. The Kier molecular flexibility index (Phi) is 6.66. The number of hydrogen-bond acceptors (Lipinski definition) is 6. The fraction of sp³-hybridized carbons (Fsp3) is 0.435. The number of carbonyl (C=O) groups is 1. The van der Waals surface area contributed by atoms with Crippen LogP contribution in [0.5, 0.6) is 0 Å². The molecule has 0 bridgehead atoms. The van der Waals surface area contributed by atoms with E-state index in [9.17, 15) is 13.2 Å². The first-order chi connectivity index (χ1) is 15.7. The Morgan fingerprint density at radius 3 is 2.64 bits per heavy atom. The number of fused-ring (bicyclic) bond motifs is 1. The first kappa shape index (κ1) is 23.2. The Morgan fingerprint density at radius 1 is 1.18 bits per heavy atom. The third-order valence-corrected chi connectivity index (χ3v) is 7.65. The van der Waals surface area contributed by atoms with Crippen LogP contribution in [0.2, 0.25) is 0 Å². The van der Waals surface area contributed by atoms with Crippen molar-refractivity contribution in [3.8, 4) is 5.82 Å². The van der Waals surface area contributed by atoms with Crippen LogP contribution in [0.1, 0.15) is 38.2 Å². The standard InChI is InChI=1S/C23H30N6O3S/c1-16(30)25-15-17-5-4-6-21-20(17)12-14-29(21)22-11-13-24-23(27-22)26-18-7-9-19(10-8-18)28(2)33(3,31)32/h4-6,11-14,18-19H,7-10,15H2,1-3H3,(H,25,30)(H,24,26,27). The minimum Gasteiger partial charge on any atom is -0.352 e. The van der Waals surface area contributed by atoms with Crippen molar-refractivity contribution >= 4 is 32.8 Å². The molecule has 0 saturated heterocycles. The molecule has 4 rings (SSSR count). The Balaban J connectivity index is 1.47. The van der Waals surface area contributed by atoms with E-state index in [1.165, 1.54) is 17.5 Å². The molecule has 10 heteroatoms. The molecule has 1 aliphatic rings. The number of sulfonamides is 1. The smallest absolute Gasteiger partial charge is 0.224 e. The average molecular weight is 471 g/mol. The molecule has 33 heavy (non-hydrogen) atoms. The molecule has 2 heterocycles. The van der Waals surface area contributed by atoms with Crippen molar-refractivity contribution in [3.63, 3.8) is 0 Å². The van der Waals surface area contributed by atoms with E-state index in [1.807, 2.05) is 41.1 Å². The molecule has 176 valence electrons. The van der Waals surface area contributed by atoms with Gasteiger partial charge < -0.3 is 15.2 Å². The van der Waals surface area contributed by atoms with Crippen molar-refractivity contribution in [2.24, 2.45) is 0 Å². The molecule has 1 fully saturated rings. The lowest BCUT2D eigenvalue weighted by Crippen LogP contribution is -2.41. The van der Waals surface area contributed by atoms with Gasteiger partial charge in [0.15, 0.2) is 0 Å². The van der Waals surface area contributed by atoms with E-state index in [-0.39, 0.29) is 18.0 Å². The summed E-state index contributed by atoms with van der Waals surface area (Å²) in [6.45, 7) is 1.99. The van der Waals surface area contributed by atoms with E-state index in [0.717, 1.165) is 48.0 Å². The van der Waals surface area contributed by atoms with Crippen LogP contribution >= 0.6 is 0 Å². The Hall–Kier alpha value is -2.98. The summed E-state index contributed by atoms with van der Waals surface area (Å²) in [5, 5.41) is 7.34. The zero-order valence-corrected chi connectivity index (χ0v) is 20.0. The van der Waals surface area contributed by atoms with Crippen molar-refractivity contribution in [3.05, 3.63) is 48.3 Å². The van der Waals surface area contributed by atoms with Crippen LogP contribution in [0.15, 0.2) is 42.7 Å². The number of aromatic nitrogens is 3. The van der Waals surface area contributed by atoms with Crippen molar-refractivity contribution in [1.82, 2.24) is 24.2 Å². The van der Waals surface area contributed by atoms with Crippen LogP contribution in [0.25, 0.3) is 16.7 Å². The lowest BCUT2D eigenvalue weighted by Gasteiger charge is -2.33. The summed E-state index contributed by atoms with van der Waals surface area (Å²) in [7, 11) is -1.52. The number of amides is 1.